The molecule has 4 aromatic rings. The summed E-state index contributed by atoms with van der Waals surface area (Å²) in [6.07, 6.45) is 1.75. The van der Waals surface area contributed by atoms with Crippen LogP contribution in [0.5, 0.6) is 5.75 Å². The van der Waals surface area contributed by atoms with Crippen LogP contribution in [0.25, 0.3) is 22.3 Å². The molecular weight excluding hydrogens is 350 g/mol. The van der Waals surface area contributed by atoms with Crippen molar-refractivity contribution in [2.24, 2.45) is 0 Å². The average Bonchev–Trinajstić information content (AvgIpc) is 2.97. The fourth-order valence-electron chi connectivity index (χ4n) is 2.54. The zero-order chi connectivity index (χ0) is 18.1. The molecule has 0 atom stereocenters. The van der Waals surface area contributed by atoms with Crippen LogP contribution in [0.2, 0.25) is 0 Å². The highest BCUT2D eigenvalue weighted by Crippen LogP contribution is 2.13. The maximum atomic E-state index is 12.7. The lowest BCUT2D eigenvalue weighted by Crippen LogP contribution is -2.26. The van der Waals surface area contributed by atoms with Gasteiger partial charge in [0.1, 0.15) is 5.75 Å². The molecule has 6 nitrogen and oxygen atoms in total. The summed E-state index contributed by atoms with van der Waals surface area (Å²) in [5.74, 6) is 0.738. The number of aromatic nitrogens is 3. The van der Waals surface area contributed by atoms with Gasteiger partial charge >= 0.3 is 5.56 Å². The summed E-state index contributed by atoms with van der Waals surface area (Å²) >= 11 is 1.14. The lowest BCUT2D eigenvalue weighted by molar-refractivity contribution is 0.415. The Morgan fingerprint density at radius 3 is 2.46 bits per heavy atom. The van der Waals surface area contributed by atoms with Crippen LogP contribution in [-0.4, -0.2) is 21.7 Å². The van der Waals surface area contributed by atoms with Gasteiger partial charge in [-0.15, -0.1) is 0 Å². The second kappa shape index (κ2) is 6.53. The van der Waals surface area contributed by atoms with E-state index in [4.69, 9.17) is 4.74 Å². The van der Waals surface area contributed by atoms with E-state index >= 15 is 0 Å². The molecule has 0 N–H and O–H groups in total. The van der Waals surface area contributed by atoms with Crippen molar-refractivity contribution in [1.29, 1.82) is 0 Å². The first-order chi connectivity index (χ1) is 12.7. The molecule has 0 aliphatic rings. The number of methoxy groups -OCH3 is 1. The standard InChI is InChI=1S/C19H13N3O3S/c1-25-14-9-7-12(8-10-14)11-15-18(24)22-19(26-15)20-17(23)16(21-22)13-5-3-2-4-6-13/h2-11H,1H3. The Bertz CT molecular complexity index is 1250. The van der Waals surface area contributed by atoms with Gasteiger partial charge in [-0.05, 0) is 23.8 Å². The van der Waals surface area contributed by atoms with Crippen LogP contribution in [-0.2, 0) is 0 Å². The fourth-order valence-corrected chi connectivity index (χ4v) is 3.44. The van der Waals surface area contributed by atoms with E-state index in [0.717, 1.165) is 22.6 Å². The van der Waals surface area contributed by atoms with Gasteiger partial charge in [0.05, 0.1) is 11.6 Å². The summed E-state index contributed by atoms with van der Waals surface area (Å²) in [6, 6.07) is 16.3. The highest BCUT2D eigenvalue weighted by Gasteiger charge is 2.12. The third-order valence-corrected chi connectivity index (χ3v) is 4.81. The van der Waals surface area contributed by atoms with Crippen LogP contribution < -0.4 is 20.4 Å². The summed E-state index contributed by atoms with van der Waals surface area (Å²) in [7, 11) is 1.60. The normalized spacial score (nSPS) is 11.8. The number of hydrogen-bond acceptors (Lipinski definition) is 6. The number of benzene rings is 2. The van der Waals surface area contributed by atoms with E-state index in [2.05, 4.69) is 10.1 Å². The number of hydrogen-bond donors (Lipinski definition) is 0. The molecule has 0 fully saturated rings. The van der Waals surface area contributed by atoms with Crippen LogP contribution in [0, 0.1) is 0 Å². The SMILES string of the molecule is COc1ccc(C=c2sc3nc(=O)c(-c4ccccc4)nn3c2=O)cc1. The summed E-state index contributed by atoms with van der Waals surface area (Å²) in [5.41, 5.74) is 0.888. The number of rotatable bonds is 3. The molecule has 0 saturated heterocycles. The van der Waals surface area contributed by atoms with Crippen LogP contribution in [0.4, 0.5) is 0 Å². The van der Waals surface area contributed by atoms with Gasteiger partial charge in [0.25, 0.3) is 5.56 Å². The monoisotopic (exact) mass is 363 g/mol. The van der Waals surface area contributed by atoms with Crippen molar-refractivity contribution in [3.05, 3.63) is 85.4 Å². The lowest BCUT2D eigenvalue weighted by Gasteiger charge is -1.98. The molecule has 0 aliphatic heterocycles. The maximum absolute atomic E-state index is 12.7. The van der Waals surface area contributed by atoms with Gasteiger partial charge in [0.15, 0.2) is 5.69 Å². The summed E-state index contributed by atoms with van der Waals surface area (Å²) in [5, 5.41) is 4.23. The van der Waals surface area contributed by atoms with Crippen LogP contribution in [0.1, 0.15) is 5.56 Å². The minimum atomic E-state index is -0.451. The third-order valence-electron chi connectivity index (χ3n) is 3.85. The molecule has 0 saturated carbocycles. The minimum Gasteiger partial charge on any atom is -0.497 e. The number of ether oxygens (including phenoxy) is 1. The van der Waals surface area contributed by atoms with Crippen molar-refractivity contribution < 1.29 is 4.74 Å². The van der Waals surface area contributed by atoms with Crippen LogP contribution in [0.15, 0.2) is 64.2 Å². The molecule has 26 heavy (non-hydrogen) atoms. The van der Waals surface area contributed by atoms with Gasteiger partial charge in [-0.3, -0.25) is 9.59 Å². The molecule has 2 aromatic heterocycles. The molecule has 0 amide bonds. The highest BCUT2D eigenvalue weighted by atomic mass is 32.1. The molecule has 7 heteroatoms. The molecule has 2 heterocycles. The zero-order valence-electron chi connectivity index (χ0n) is 13.7. The van der Waals surface area contributed by atoms with Gasteiger partial charge < -0.3 is 4.74 Å². The van der Waals surface area contributed by atoms with E-state index in [1.807, 2.05) is 30.3 Å². The van der Waals surface area contributed by atoms with E-state index in [0.29, 0.717) is 10.1 Å². The van der Waals surface area contributed by atoms with Gasteiger partial charge in [0, 0.05) is 5.56 Å². The molecule has 128 valence electrons. The predicted octanol–water partition coefficient (Wildman–Crippen LogP) is 1.73. The fraction of sp³-hybridized carbons (Fsp3) is 0.0526. The van der Waals surface area contributed by atoms with Gasteiger partial charge in [-0.25, -0.2) is 0 Å². The van der Waals surface area contributed by atoms with Crippen LogP contribution >= 0.6 is 11.3 Å². The van der Waals surface area contributed by atoms with E-state index in [-0.39, 0.29) is 16.2 Å². The zero-order valence-corrected chi connectivity index (χ0v) is 14.6. The van der Waals surface area contributed by atoms with Gasteiger partial charge in [-0.1, -0.05) is 53.8 Å². The molecule has 4 rings (SSSR count). The first kappa shape index (κ1) is 16.2. The van der Waals surface area contributed by atoms with Crippen molar-refractivity contribution in [3.8, 4) is 17.0 Å². The quantitative estimate of drug-likeness (QED) is 0.554. The lowest BCUT2D eigenvalue weighted by atomic mass is 10.2. The molecule has 0 spiro atoms. The maximum Gasteiger partial charge on any atom is 0.300 e. The van der Waals surface area contributed by atoms with E-state index in [9.17, 15) is 9.59 Å². The molecule has 0 unspecified atom stereocenters. The summed E-state index contributed by atoms with van der Waals surface area (Å²) in [4.78, 5) is 29.2. The Hall–Kier alpha value is -3.32. The number of fused-ring (bicyclic) bond motifs is 1. The largest absolute Gasteiger partial charge is 0.497 e. The van der Waals surface area contributed by atoms with Crippen molar-refractivity contribution in [1.82, 2.24) is 14.6 Å². The van der Waals surface area contributed by atoms with Crippen molar-refractivity contribution >= 4 is 22.4 Å². The molecule has 2 aromatic carbocycles. The Morgan fingerprint density at radius 1 is 1.04 bits per heavy atom. The van der Waals surface area contributed by atoms with E-state index < -0.39 is 5.56 Å². The minimum absolute atomic E-state index is 0.161. The first-order valence-electron chi connectivity index (χ1n) is 7.81. The van der Waals surface area contributed by atoms with Crippen molar-refractivity contribution in [3.63, 3.8) is 0 Å². The summed E-state index contributed by atoms with van der Waals surface area (Å²) < 4.78 is 6.77. The molecule has 0 aliphatic carbocycles. The Morgan fingerprint density at radius 2 is 1.77 bits per heavy atom. The predicted molar refractivity (Wildman–Crippen MR) is 101 cm³/mol. The van der Waals surface area contributed by atoms with Crippen LogP contribution in [0.3, 0.4) is 0 Å². The number of thiazole rings is 1. The second-order valence-electron chi connectivity index (χ2n) is 5.51. The van der Waals surface area contributed by atoms with E-state index in [1.165, 1.54) is 4.52 Å². The highest BCUT2D eigenvalue weighted by molar-refractivity contribution is 7.15. The Kier molecular flexibility index (Phi) is 4.06. The van der Waals surface area contributed by atoms with Crippen molar-refractivity contribution in [2.75, 3.05) is 7.11 Å². The van der Waals surface area contributed by atoms with Gasteiger partial charge in [0.2, 0.25) is 4.96 Å². The Labute approximate surface area is 151 Å². The smallest absolute Gasteiger partial charge is 0.300 e. The second-order valence-corrected chi connectivity index (χ2v) is 6.52. The van der Waals surface area contributed by atoms with Crippen molar-refractivity contribution in [2.45, 2.75) is 0 Å². The first-order valence-corrected chi connectivity index (χ1v) is 8.62. The Balaban J connectivity index is 1.88. The topological polar surface area (TPSA) is 73.6 Å². The molecular formula is C19H13N3O3S. The average molecular weight is 363 g/mol. The number of nitrogens with zero attached hydrogens (tertiary/aromatic N) is 3. The summed E-state index contributed by atoms with van der Waals surface area (Å²) in [6.45, 7) is 0. The molecule has 0 bridgehead atoms. The van der Waals surface area contributed by atoms with E-state index in [1.54, 1.807) is 37.5 Å². The molecule has 0 radical (unpaired) electrons. The third kappa shape index (κ3) is 2.89. The van der Waals surface area contributed by atoms with Gasteiger partial charge in [-0.2, -0.15) is 14.6 Å².